The lowest BCUT2D eigenvalue weighted by Crippen LogP contribution is -2.30. The van der Waals surface area contributed by atoms with Crippen molar-refractivity contribution in [3.8, 4) is 11.5 Å². The third-order valence-electron chi connectivity index (χ3n) is 3.72. The lowest BCUT2D eigenvalue weighted by Gasteiger charge is -2.19. The van der Waals surface area contributed by atoms with Crippen molar-refractivity contribution in [3.05, 3.63) is 41.3 Å². The molecule has 132 valence electrons. The molecular formula is C18H19NO6. The first-order chi connectivity index (χ1) is 11.9. The summed E-state index contributed by atoms with van der Waals surface area (Å²) in [5.41, 5.74) is 0.851. The van der Waals surface area contributed by atoms with Crippen molar-refractivity contribution in [2.45, 2.75) is 26.9 Å². The normalized spacial score (nSPS) is 13.9. The van der Waals surface area contributed by atoms with Gasteiger partial charge >= 0.3 is 5.97 Å². The number of ether oxygens (including phenoxy) is 3. The van der Waals surface area contributed by atoms with E-state index in [2.05, 4.69) is 5.32 Å². The van der Waals surface area contributed by atoms with Gasteiger partial charge in [-0.05, 0) is 39.0 Å². The van der Waals surface area contributed by atoms with Crippen LogP contribution < -0.4 is 14.8 Å². The van der Waals surface area contributed by atoms with E-state index in [1.807, 2.05) is 0 Å². The summed E-state index contributed by atoms with van der Waals surface area (Å²) < 4.78 is 21.4. The Kier molecular flexibility index (Phi) is 4.65. The molecule has 1 N–H and O–H groups in total. The van der Waals surface area contributed by atoms with Crippen LogP contribution in [0.3, 0.4) is 0 Å². The van der Waals surface area contributed by atoms with Crippen molar-refractivity contribution in [2.75, 3.05) is 18.5 Å². The highest BCUT2D eigenvalue weighted by Crippen LogP contribution is 2.32. The maximum absolute atomic E-state index is 12.3. The molecule has 0 unspecified atom stereocenters. The van der Waals surface area contributed by atoms with E-state index in [0.717, 1.165) is 0 Å². The van der Waals surface area contributed by atoms with Gasteiger partial charge in [-0.25, -0.2) is 4.79 Å². The van der Waals surface area contributed by atoms with Crippen LogP contribution in [0.25, 0.3) is 0 Å². The maximum Gasteiger partial charge on any atom is 0.342 e. The van der Waals surface area contributed by atoms with Crippen molar-refractivity contribution < 1.29 is 28.2 Å². The van der Waals surface area contributed by atoms with Gasteiger partial charge < -0.3 is 23.9 Å². The summed E-state index contributed by atoms with van der Waals surface area (Å²) in [6.07, 6.45) is -0.963. The van der Waals surface area contributed by atoms with Gasteiger partial charge in [-0.2, -0.15) is 0 Å². The molecular weight excluding hydrogens is 326 g/mol. The van der Waals surface area contributed by atoms with E-state index >= 15 is 0 Å². The van der Waals surface area contributed by atoms with Gasteiger partial charge in [0, 0.05) is 11.8 Å². The molecule has 0 radical (unpaired) electrons. The molecule has 0 saturated heterocycles. The van der Waals surface area contributed by atoms with Gasteiger partial charge in [-0.1, -0.05) is 0 Å². The lowest BCUT2D eigenvalue weighted by molar-refractivity contribution is -0.123. The zero-order valence-corrected chi connectivity index (χ0v) is 14.3. The van der Waals surface area contributed by atoms with Crippen LogP contribution in [0.1, 0.15) is 28.8 Å². The minimum Gasteiger partial charge on any atom is -0.486 e. The van der Waals surface area contributed by atoms with Gasteiger partial charge in [0.2, 0.25) is 0 Å². The molecule has 2 aromatic rings. The highest BCUT2D eigenvalue weighted by atomic mass is 16.6. The van der Waals surface area contributed by atoms with Gasteiger partial charge in [0.1, 0.15) is 30.3 Å². The van der Waals surface area contributed by atoms with Crippen LogP contribution in [0.5, 0.6) is 11.5 Å². The zero-order valence-electron chi connectivity index (χ0n) is 14.3. The summed E-state index contributed by atoms with van der Waals surface area (Å²) in [7, 11) is 0. The Labute approximate surface area is 144 Å². The molecule has 0 spiro atoms. The van der Waals surface area contributed by atoms with Crippen molar-refractivity contribution in [1.82, 2.24) is 0 Å². The van der Waals surface area contributed by atoms with Crippen LogP contribution in [0, 0.1) is 13.8 Å². The zero-order chi connectivity index (χ0) is 18.0. The fourth-order valence-corrected chi connectivity index (χ4v) is 2.48. The van der Waals surface area contributed by atoms with Crippen LogP contribution in [0.2, 0.25) is 0 Å². The van der Waals surface area contributed by atoms with Gasteiger partial charge in [-0.3, -0.25) is 4.79 Å². The molecule has 2 heterocycles. The molecule has 0 bridgehead atoms. The number of anilines is 1. The van der Waals surface area contributed by atoms with Crippen molar-refractivity contribution in [2.24, 2.45) is 0 Å². The number of hydrogen-bond acceptors (Lipinski definition) is 6. The van der Waals surface area contributed by atoms with Crippen molar-refractivity contribution in [1.29, 1.82) is 0 Å². The Balaban J connectivity index is 1.62. The summed E-state index contributed by atoms with van der Waals surface area (Å²) in [4.78, 5) is 24.4. The number of carbonyl (C=O) groups is 2. The van der Waals surface area contributed by atoms with E-state index in [4.69, 9.17) is 18.6 Å². The molecule has 0 aliphatic carbocycles. The van der Waals surface area contributed by atoms with Crippen molar-refractivity contribution in [3.63, 3.8) is 0 Å². The molecule has 0 fully saturated rings. The molecule has 1 aromatic carbocycles. The molecule has 1 atom stereocenters. The minimum atomic E-state index is -0.963. The van der Waals surface area contributed by atoms with Gasteiger partial charge in [0.05, 0.1) is 0 Å². The fourth-order valence-electron chi connectivity index (χ4n) is 2.48. The highest BCUT2D eigenvalue weighted by molar-refractivity contribution is 5.97. The second-order valence-electron chi connectivity index (χ2n) is 5.72. The summed E-state index contributed by atoms with van der Waals surface area (Å²) in [6, 6.07) is 6.68. The van der Waals surface area contributed by atoms with Crippen LogP contribution in [-0.2, 0) is 9.53 Å². The molecule has 7 nitrogen and oxygen atoms in total. The van der Waals surface area contributed by atoms with Crippen LogP contribution in [0.4, 0.5) is 5.69 Å². The molecule has 7 heteroatoms. The Bertz CT molecular complexity index is 810. The number of esters is 1. The number of nitrogens with one attached hydrogen (secondary N) is 1. The number of carbonyl (C=O) groups excluding carboxylic acids is 2. The molecule has 25 heavy (non-hydrogen) atoms. The average molecular weight is 345 g/mol. The highest BCUT2D eigenvalue weighted by Gasteiger charge is 2.22. The van der Waals surface area contributed by atoms with Crippen LogP contribution in [0.15, 0.2) is 28.7 Å². The maximum atomic E-state index is 12.3. The lowest BCUT2D eigenvalue weighted by atomic mass is 10.2. The average Bonchev–Trinajstić information content (AvgIpc) is 2.93. The first kappa shape index (κ1) is 16.9. The number of hydrogen-bond donors (Lipinski definition) is 1. The summed E-state index contributed by atoms with van der Waals surface area (Å²) in [6.45, 7) is 5.87. The number of fused-ring (bicyclic) bond motifs is 1. The standard InChI is InChI=1S/C18H19NO6/c1-10-8-14(11(2)24-10)18(21)25-12(3)17(20)19-13-4-5-15-16(9-13)23-7-6-22-15/h4-5,8-9,12H,6-7H2,1-3H3,(H,19,20)/t12-/m1/s1. The number of aryl methyl sites for hydroxylation is 2. The van der Waals surface area contributed by atoms with Gasteiger partial charge in [0.25, 0.3) is 5.91 Å². The molecule has 1 aliphatic rings. The molecule has 0 saturated carbocycles. The first-order valence-corrected chi connectivity index (χ1v) is 7.92. The van der Waals surface area contributed by atoms with E-state index < -0.39 is 18.0 Å². The number of amides is 1. The first-order valence-electron chi connectivity index (χ1n) is 7.92. The molecule has 3 rings (SSSR count). The summed E-state index contributed by atoms with van der Waals surface area (Å²) >= 11 is 0. The number of rotatable bonds is 4. The minimum absolute atomic E-state index is 0.316. The largest absolute Gasteiger partial charge is 0.486 e. The third kappa shape index (κ3) is 3.76. The number of furan rings is 1. The molecule has 1 aliphatic heterocycles. The predicted octanol–water partition coefficient (Wildman–Crippen LogP) is 2.85. The van der Waals surface area contributed by atoms with E-state index in [1.54, 1.807) is 38.1 Å². The predicted molar refractivity (Wildman–Crippen MR) is 89.1 cm³/mol. The molecule has 1 aromatic heterocycles. The van der Waals surface area contributed by atoms with E-state index in [-0.39, 0.29) is 0 Å². The van der Waals surface area contributed by atoms with Gasteiger partial charge in [0.15, 0.2) is 17.6 Å². The van der Waals surface area contributed by atoms with Gasteiger partial charge in [-0.15, -0.1) is 0 Å². The Morgan fingerprint density at radius 3 is 2.52 bits per heavy atom. The summed E-state index contributed by atoms with van der Waals surface area (Å²) in [5.74, 6) is 1.23. The topological polar surface area (TPSA) is 87.0 Å². The second-order valence-corrected chi connectivity index (χ2v) is 5.72. The van der Waals surface area contributed by atoms with E-state index in [9.17, 15) is 9.59 Å². The monoisotopic (exact) mass is 345 g/mol. The quantitative estimate of drug-likeness (QED) is 0.858. The smallest absolute Gasteiger partial charge is 0.342 e. The fraction of sp³-hybridized carbons (Fsp3) is 0.333. The van der Waals surface area contributed by atoms with E-state index in [0.29, 0.717) is 47.5 Å². The SMILES string of the molecule is Cc1cc(C(=O)O[C@H](C)C(=O)Nc2ccc3c(c2)OCCO3)c(C)o1. The number of benzene rings is 1. The second kappa shape index (κ2) is 6.88. The van der Waals surface area contributed by atoms with Crippen LogP contribution in [-0.4, -0.2) is 31.2 Å². The Morgan fingerprint density at radius 1 is 1.12 bits per heavy atom. The third-order valence-corrected chi connectivity index (χ3v) is 3.72. The Hall–Kier alpha value is -2.96. The Morgan fingerprint density at radius 2 is 1.84 bits per heavy atom. The van der Waals surface area contributed by atoms with Crippen molar-refractivity contribution >= 4 is 17.6 Å². The summed E-state index contributed by atoms with van der Waals surface area (Å²) in [5, 5.41) is 2.69. The van der Waals surface area contributed by atoms with Crippen LogP contribution >= 0.6 is 0 Å². The van der Waals surface area contributed by atoms with E-state index in [1.165, 1.54) is 6.92 Å². The molecule has 1 amide bonds.